The number of anilines is 1. The van der Waals surface area contributed by atoms with E-state index in [2.05, 4.69) is 21.5 Å². The summed E-state index contributed by atoms with van der Waals surface area (Å²) in [6.45, 7) is 0. The quantitative estimate of drug-likeness (QED) is 0.374. The minimum absolute atomic E-state index is 0.195. The Labute approximate surface area is 177 Å². The first-order valence-corrected chi connectivity index (χ1v) is 10.4. The molecular formula is C23H15ClN2O2S. The molecule has 0 amide bonds. The molecule has 4 nitrogen and oxygen atoms in total. The maximum Gasteiger partial charge on any atom is 0.245 e. The molecule has 1 aromatic heterocycles. The summed E-state index contributed by atoms with van der Waals surface area (Å²) in [7, 11) is 0. The van der Waals surface area contributed by atoms with Crippen LogP contribution in [0.1, 0.15) is 27.0 Å². The van der Waals surface area contributed by atoms with E-state index >= 15 is 0 Å². The predicted octanol–water partition coefficient (Wildman–Crippen LogP) is 4.64. The molecule has 142 valence electrons. The number of ketones is 1. The lowest BCUT2D eigenvalue weighted by molar-refractivity contribution is 0.104. The third-order valence-corrected chi connectivity index (χ3v) is 5.67. The first kappa shape index (κ1) is 19.3. The Hall–Kier alpha value is -3.04. The van der Waals surface area contributed by atoms with Crippen LogP contribution in [0, 0.1) is 11.8 Å². The zero-order chi connectivity index (χ0) is 20.2. The highest BCUT2D eigenvalue weighted by Crippen LogP contribution is 2.31. The molecule has 0 aliphatic carbocycles. The molecule has 1 N–H and O–H groups in total. The van der Waals surface area contributed by atoms with Gasteiger partial charge in [0.2, 0.25) is 10.7 Å². The fourth-order valence-electron chi connectivity index (χ4n) is 2.85. The molecule has 2 heterocycles. The van der Waals surface area contributed by atoms with E-state index in [0.717, 1.165) is 16.7 Å². The van der Waals surface area contributed by atoms with Gasteiger partial charge in [-0.1, -0.05) is 41.6 Å². The van der Waals surface area contributed by atoms with Gasteiger partial charge >= 0.3 is 0 Å². The number of hydrogen-bond donors (Lipinski definition) is 1. The van der Waals surface area contributed by atoms with Crippen LogP contribution in [0.3, 0.4) is 0 Å². The van der Waals surface area contributed by atoms with Crippen molar-refractivity contribution in [2.75, 3.05) is 4.72 Å². The molecule has 0 saturated heterocycles. The molecule has 1 aliphatic heterocycles. The maximum absolute atomic E-state index is 13.0. The summed E-state index contributed by atoms with van der Waals surface area (Å²) in [5.74, 6) is 5.90. The van der Waals surface area contributed by atoms with Gasteiger partial charge in [0.15, 0.2) is 0 Å². The summed E-state index contributed by atoms with van der Waals surface area (Å²) in [6, 6.07) is 16.1. The second kappa shape index (κ2) is 8.54. The Morgan fingerprint density at radius 1 is 1.17 bits per heavy atom. The first-order chi connectivity index (χ1) is 14.1. The number of rotatable bonds is 2. The van der Waals surface area contributed by atoms with E-state index in [9.17, 15) is 9.35 Å². The number of allylic oxidation sites excluding steroid dienone is 1. The molecule has 0 bridgehead atoms. The Bertz CT molecular complexity index is 1150. The van der Waals surface area contributed by atoms with Crippen molar-refractivity contribution in [3.05, 3.63) is 99.2 Å². The minimum atomic E-state index is -1.63. The number of pyridine rings is 1. The van der Waals surface area contributed by atoms with Crippen LogP contribution in [0.4, 0.5) is 5.69 Å². The van der Waals surface area contributed by atoms with Crippen LogP contribution in [0.15, 0.2) is 71.9 Å². The number of nitrogens with zero attached hydrogens (tertiary/aromatic N) is 1. The lowest BCUT2D eigenvalue weighted by atomic mass is 10.0. The average Bonchev–Trinajstić information content (AvgIpc) is 2.74. The summed E-state index contributed by atoms with van der Waals surface area (Å²) in [6.07, 6.45) is 5.69. The third-order valence-electron chi connectivity index (χ3n) is 4.31. The summed E-state index contributed by atoms with van der Waals surface area (Å²) in [5.41, 5.74) is 3.50. The van der Waals surface area contributed by atoms with Gasteiger partial charge in [-0.05, 0) is 47.5 Å². The Morgan fingerprint density at radius 3 is 2.76 bits per heavy atom. The molecule has 4 rings (SSSR count). The van der Waals surface area contributed by atoms with Crippen LogP contribution in [0.2, 0.25) is 5.02 Å². The number of nitrogens with one attached hydrogen (secondary N) is 1. The van der Waals surface area contributed by atoms with Crippen molar-refractivity contribution < 1.29 is 9.35 Å². The molecule has 29 heavy (non-hydrogen) atoms. The van der Waals surface area contributed by atoms with Crippen LogP contribution >= 0.6 is 11.6 Å². The molecule has 3 aromatic rings. The van der Waals surface area contributed by atoms with E-state index in [1.807, 2.05) is 12.1 Å². The van der Waals surface area contributed by atoms with E-state index in [1.165, 1.54) is 0 Å². The number of halogens is 1. The van der Waals surface area contributed by atoms with Crippen LogP contribution in [-0.2, 0) is 17.8 Å². The molecule has 0 spiro atoms. The van der Waals surface area contributed by atoms with Crippen molar-refractivity contribution in [1.29, 1.82) is 0 Å². The van der Waals surface area contributed by atoms with E-state index in [4.69, 9.17) is 11.6 Å². The van der Waals surface area contributed by atoms with Crippen molar-refractivity contribution >= 4 is 40.5 Å². The van der Waals surface area contributed by atoms with Crippen molar-refractivity contribution in [2.45, 2.75) is 6.42 Å². The Morgan fingerprint density at radius 2 is 2.00 bits per heavy atom. The number of fused-ring (bicyclic) bond motifs is 1. The lowest BCUT2D eigenvalue weighted by Crippen LogP contribution is -2.27. The third kappa shape index (κ3) is 4.52. The molecule has 1 atom stereocenters. The molecule has 6 heteroatoms. The second-order valence-electron chi connectivity index (χ2n) is 6.36. The topological polar surface area (TPSA) is 65.0 Å². The van der Waals surface area contributed by atoms with Crippen molar-refractivity contribution in [1.82, 2.24) is 4.98 Å². The molecule has 2 aromatic carbocycles. The van der Waals surface area contributed by atoms with Gasteiger partial charge in [-0.2, -0.15) is 0 Å². The highest BCUT2D eigenvalue weighted by Gasteiger charge is 2.33. The van der Waals surface area contributed by atoms with Crippen molar-refractivity contribution in [3.8, 4) is 11.8 Å². The second-order valence-corrected chi connectivity index (χ2v) is 7.98. The first-order valence-electron chi connectivity index (χ1n) is 8.82. The largest absolute Gasteiger partial charge is 0.588 e. The van der Waals surface area contributed by atoms with Gasteiger partial charge in [0.1, 0.15) is 11.4 Å². The number of hydrogen-bond acceptors (Lipinski definition) is 4. The van der Waals surface area contributed by atoms with Crippen LogP contribution in [0.5, 0.6) is 0 Å². The smallest absolute Gasteiger partial charge is 0.245 e. The zero-order valence-electron chi connectivity index (χ0n) is 15.2. The lowest BCUT2D eigenvalue weighted by Gasteiger charge is -2.21. The monoisotopic (exact) mass is 418 g/mol. The highest BCUT2D eigenvalue weighted by molar-refractivity contribution is 7.97. The SMILES string of the molecule is O=C1/C(=C\c2ccc(Cl)cc2)[S+]([O-])Nc2ccc(C#CCc3cccnc3)cc21. The molecule has 1 aliphatic rings. The summed E-state index contributed by atoms with van der Waals surface area (Å²) >= 11 is 4.27. The highest BCUT2D eigenvalue weighted by atomic mass is 35.5. The fourth-order valence-corrected chi connectivity index (χ4v) is 3.99. The molecule has 0 radical (unpaired) electrons. The van der Waals surface area contributed by atoms with E-state index in [1.54, 1.807) is 60.9 Å². The van der Waals surface area contributed by atoms with Crippen molar-refractivity contribution in [2.24, 2.45) is 0 Å². The number of aromatic nitrogens is 1. The number of benzene rings is 2. The van der Waals surface area contributed by atoms with Gasteiger partial charge < -0.3 is 4.55 Å². The zero-order valence-corrected chi connectivity index (χ0v) is 16.8. The number of carbonyl (C=O) groups excluding carboxylic acids is 1. The molecule has 1 unspecified atom stereocenters. The van der Waals surface area contributed by atoms with E-state index in [0.29, 0.717) is 22.7 Å². The van der Waals surface area contributed by atoms with Crippen LogP contribution in [0.25, 0.3) is 6.08 Å². The summed E-state index contributed by atoms with van der Waals surface area (Å²) < 4.78 is 15.4. The maximum atomic E-state index is 13.0. The standard InChI is InChI=1S/C23H15ClN2O2S/c24-19-9-6-17(7-10-19)14-22-23(27)20-13-16(8-11-21(20)26-29(22)28)3-1-4-18-5-2-12-25-15-18/h2,5-15,26H,4H2/b22-14+. The van der Waals surface area contributed by atoms with E-state index in [-0.39, 0.29) is 10.7 Å². The molecular weight excluding hydrogens is 404 g/mol. The summed E-state index contributed by atoms with van der Waals surface area (Å²) in [5, 5.41) is 0.598. The van der Waals surface area contributed by atoms with Crippen LogP contribution in [-0.4, -0.2) is 15.3 Å². The Kier molecular flexibility index (Phi) is 5.68. The van der Waals surface area contributed by atoms with Gasteiger partial charge in [-0.3, -0.25) is 9.78 Å². The van der Waals surface area contributed by atoms with Gasteiger partial charge in [-0.25, -0.2) is 4.72 Å². The minimum Gasteiger partial charge on any atom is -0.588 e. The van der Waals surface area contributed by atoms with Gasteiger partial charge in [-0.15, -0.1) is 0 Å². The molecule has 0 saturated carbocycles. The van der Waals surface area contributed by atoms with Gasteiger partial charge in [0, 0.05) is 35.5 Å². The molecule has 0 fully saturated rings. The average molecular weight is 419 g/mol. The number of carbonyl (C=O) groups is 1. The van der Waals surface area contributed by atoms with Gasteiger partial charge in [0.25, 0.3) is 0 Å². The van der Waals surface area contributed by atoms with E-state index < -0.39 is 11.4 Å². The summed E-state index contributed by atoms with van der Waals surface area (Å²) in [4.78, 5) is 17.2. The van der Waals surface area contributed by atoms with Crippen LogP contribution < -0.4 is 4.72 Å². The fraction of sp³-hybridized carbons (Fsp3) is 0.0435. The van der Waals surface area contributed by atoms with Crippen molar-refractivity contribution in [3.63, 3.8) is 0 Å². The number of Topliss-reactive ketones (excluding diaryl/α,β-unsaturated/α-hetero) is 1. The normalized spacial score (nSPS) is 16.6. The Balaban J connectivity index is 1.60. The predicted molar refractivity (Wildman–Crippen MR) is 117 cm³/mol. The van der Waals surface area contributed by atoms with Gasteiger partial charge in [0.05, 0.1) is 11.3 Å².